The number of phenolic OH excluding ortho intramolecular Hbond substituents is 1. The van der Waals surface area contributed by atoms with Gasteiger partial charge in [0.25, 0.3) is 0 Å². The fourth-order valence-electron chi connectivity index (χ4n) is 2.61. The van der Waals surface area contributed by atoms with Gasteiger partial charge in [0.05, 0.1) is 0 Å². The van der Waals surface area contributed by atoms with Gasteiger partial charge in [0.15, 0.2) is 6.33 Å². The van der Waals surface area contributed by atoms with Gasteiger partial charge in [0.1, 0.15) is 11.8 Å². The molecule has 114 valence electrons. The lowest BCUT2D eigenvalue weighted by atomic mass is 9.98. The zero-order valence-electron chi connectivity index (χ0n) is 12.7. The molecule has 2 aromatic carbocycles. The van der Waals surface area contributed by atoms with Gasteiger partial charge < -0.3 is 10.0 Å². The molecular weight excluding hydrogens is 278 g/mol. The zero-order valence-corrected chi connectivity index (χ0v) is 12.7. The Balaban J connectivity index is 2.05. The number of rotatable bonds is 5. The van der Waals surface area contributed by atoms with Crippen LogP contribution in [-0.2, 0) is 0 Å². The van der Waals surface area contributed by atoms with Crippen LogP contribution in [0.2, 0.25) is 0 Å². The highest BCUT2D eigenvalue weighted by Gasteiger charge is 2.20. The predicted octanol–water partition coefficient (Wildman–Crippen LogP) is 2.07. The molecule has 0 aliphatic carbocycles. The molecule has 1 heterocycles. The summed E-state index contributed by atoms with van der Waals surface area (Å²) in [6, 6.07) is 11.6. The summed E-state index contributed by atoms with van der Waals surface area (Å²) in [7, 11) is 4.04. The van der Waals surface area contributed by atoms with E-state index >= 15 is 0 Å². The van der Waals surface area contributed by atoms with Crippen LogP contribution in [0.5, 0.6) is 5.75 Å². The van der Waals surface area contributed by atoms with E-state index in [-0.39, 0.29) is 11.8 Å². The molecule has 0 spiro atoms. The fraction of sp³-hybridized carbons (Fsp3) is 0.312. The van der Waals surface area contributed by atoms with Crippen LogP contribution in [0.15, 0.2) is 42.7 Å². The standard InChI is InChI=1S/C16H19N5O/c1-20(2)8-7-15(21-18-11-17-19-21)14-9-12-5-3-4-6-13(12)10-16(14)22/h3-6,9-11,15,22H,7-8H2,1-2H3. The van der Waals surface area contributed by atoms with Crippen molar-refractivity contribution in [1.82, 2.24) is 25.1 Å². The Kier molecular flexibility index (Phi) is 4.02. The molecule has 0 radical (unpaired) electrons. The Morgan fingerprint density at radius 3 is 2.55 bits per heavy atom. The molecule has 1 aromatic heterocycles. The average molecular weight is 297 g/mol. The SMILES string of the molecule is CN(C)CCC(c1cc2ccccc2cc1O)n1ncnn1. The van der Waals surface area contributed by atoms with Crippen molar-refractivity contribution in [2.45, 2.75) is 12.5 Å². The lowest BCUT2D eigenvalue weighted by molar-refractivity contribution is 0.333. The number of nitrogens with zero attached hydrogens (tertiary/aromatic N) is 5. The summed E-state index contributed by atoms with van der Waals surface area (Å²) in [4.78, 5) is 3.66. The highest BCUT2D eigenvalue weighted by Crippen LogP contribution is 2.32. The fourth-order valence-corrected chi connectivity index (χ4v) is 2.61. The van der Waals surface area contributed by atoms with Gasteiger partial charge in [-0.2, -0.15) is 4.80 Å². The van der Waals surface area contributed by atoms with E-state index in [0.717, 1.165) is 29.3 Å². The summed E-state index contributed by atoms with van der Waals surface area (Å²) >= 11 is 0. The van der Waals surface area contributed by atoms with E-state index in [0.29, 0.717) is 0 Å². The van der Waals surface area contributed by atoms with Crippen molar-refractivity contribution in [3.8, 4) is 5.75 Å². The predicted molar refractivity (Wildman–Crippen MR) is 84.7 cm³/mol. The van der Waals surface area contributed by atoms with Crippen molar-refractivity contribution < 1.29 is 5.11 Å². The van der Waals surface area contributed by atoms with Crippen LogP contribution in [0.3, 0.4) is 0 Å². The Hall–Kier alpha value is -2.47. The Morgan fingerprint density at radius 2 is 1.91 bits per heavy atom. The molecule has 22 heavy (non-hydrogen) atoms. The van der Waals surface area contributed by atoms with E-state index in [4.69, 9.17) is 0 Å². The molecule has 0 aliphatic rings. The second kappa shape index (κ2) is 6.11. The number of fused-ring (bicyclic) bond motifs is 1. The smallest absolute Gasteiger partial charge is 0.162 e. The van der Waals surface area contributed by atoms with Gasteiger partial charge in [0, 0.05) is 5.56 Å². The van der Waals surface area contributed by atoms with Crippen molar-refractivity contribution in [3.63, 3.8) is 0 Å². The van der Waals surface area contributed by atoms with Crippen LogP contribution in [0, 0.1) is 0 Å². The van der Waals surface area contributed by atoms with Gasteiger partial charge in [-0.05, 0) is 55.2 Å². The highest BCUT2D eigenvalue weighted by molar-refractivity contribution is 5.85. The van der Waals surface area contributed by atoms with Crippen molar-refractivity contribution in [2.75, 3.05) is 20.6 Å². The lowest BCUT2D eigenvalue weighted by Crippen LogP contribution is -2.21. The Labute approximate surface area is 129 Å². The number of aromatic nitrogens is 4. The first kappa shape index (κ1) is 14.5. The molecule has 1 N–H and O–H groups in total. The molecule has 0 saturated carbocycles. The van der Waals surface area contributed by atoms with Gasteiger partial charge >= 0.3 is 0 Å². The van der Waals surface area contributed by atoms with E-state index in [1.165, 1.54) is 6.33 Å². The summed E-state index contributed by atoms with van der Waals surface area (Å²) in [6.07, 6.45) is 2.20. The first-order chi connectivity index (χ1) is 10.6. The summed E-state index contributed by atoms with van der Waals surface area (Å²) in [5.41, 5.74) is 0.818. The van der Waals surface area contributed by atoms with Crippen LogP contribution in [0.25, 0.3) is 10.8 Å². The normalized spacial score (nSPS) is 12.9. The maximum absolute atomic E-state index is 10.4. The van der Waals surface area contributed by atoms with Gasteiger partial charge in [-0.15, -0.1) is 10.2 Å². The molecular formula is C16H19N5O. The number of hydrogen-bond donors (Lipinski definition) is 1. The number of tetrazole rings is 1. The molecule has 3 rings (SSSR count). The molecule has 0 saturated heterocycles. The van der Waals surface area contributed by atoms with E-state index < -0.39 is 0 Å². The Morgan fingerprint density at radius 1 is 1.18 bits per heavy atom. The van der Waals surface area contributed by atoms with Gasteiger partial charge in [-0.25, -0.2) is 0 Å². The summed E-state index contributed by atoms with van der Waals surface area (Å²) in [6.45, 7) is 0.860. The molecule has 0 fully saturated rings. The molecule has 1 atom stereocenters. The average Bonchev–Trinajstić information content (AvgIpc) is 3.01. The van der Waals surface area contributed by atoms with E-state index in [1.54, 1.807) is 10.9 Å². The monoisotopic (exact) mass is 297 g/mol. The van der Waals surface area contributed by atoms with Crippen LogP contribution in [0.1, 0.15) is 18.0 Å². The summed E-state index contributed by atoms with van der Waals surface area (Å²) in [5.74, 6) is 0.264. The van der Waals surface area contributed by atoms with Crippen molar-refractivity contribution >= 4 is 10.8 Å². The highest BCUT2D eigenvalue weighted by atomic mass is 16.3. The van der Waals surface area contributed by atoms with Crippen LogP contribution in [0.4, 0.5) is 0 Å². The van der Waals surface area contributed by atoms with Crippen LogP contribution < -0.4 is 0 Å². The number of benzene rings is 2. The number of aromatic hydroxyl groups is 1. The number of hydrogen-bond acceptors (Lipinski definition) is 5. The maximum Gasteiger partial charge on any atom is 0.162 e. The zero-order chi connectivity index (χ0) is 15.5. The van der Waals surface area contributed by atoms with Crippen molar-refractivity contribution in [3.05, 3.63) is 48.3 Å². The first-order valence-electron chi connectivity index (χ1n) is 7.24. The molecule has 3 aromatic rings. The quantitative estimate of drug-likeness (QED) is 0.781. The first-order valence-corrected chi connectivity index (χ1v) is 7.24. The Bertz CT molecular complexity index is 754. The second-order valence-electron chi connectivity index (χ2n) is 5.62. The third kappa shape index (κ3) is 2.92. The lowest BCUT2D eigenvalue weighted by Gasteiger charge is -2.20. The van der Waals surface area contributed by atoms with E-state index in [2.05, 4.69) is 20.3 Å². The van der Waals surface area contributed by atoms with Gasteiger partial charge in [-0.1, -0.05) is 24.3 Å². The molecule has 6 heteroatoms. The summed E-state index contributed by atoms with van der Waals surface area (Å²) < 4.78 is 0. The second-order valence-corrected chi connectivity index (χ2v) is 5.62. The van der Waals surface area contributed by atoms with Crippen molar-refractivity contribution in [2.24, 2.45) is 0 Å². The third-order valence-corrected chi connectivity index (χ3v) is 3.75. The van der Waals surface area contributed by atoms with Gasteiger partial charge in [-0.3, -0.25) is 0 Å². The van der Waals surface area contributed by atoms with E-state index in [1.807, 2.05) is 44.4 Å². The van der Waals surface area contributed by atoms with E-state index in [9.17, 15) is 5.11 Å². The minimum Gasteiger partial charge on any atom is -0.508 e. The summed E-state index contributed by atoms with van der Waals surface area (Å²) in [5, 5.41) is 24.5. The van der Waals surface area contributed by atoms with Crippen LogP contribution >= 0.6 is 0 Å². The number of phenols is 1. The minimum absolute atomic E-state index is 0.144. The largest absolute Gasteiger partial charge is 0.508 e. The molecule has 0 amide bonds. The third-order valence-electron chi connectivity index (χ3n) is 3.75. The van der Waals surface area contributed by atoms with Gasteiger partial charge in [0.2, 0.25) is 0 Å². The van der Waals surface area contributed by atoms with Crippen LogP contribution in [-0.4, -0.2) is 50.9 Å². The topological polar surface area (TPSA) is 67.1 Å². The molecule has 0 bridgehead atoms. The molecule has 1 unspecified atom stereocenters. The molecule has 0 aliphatic heterocycles. The van der Waals surface area contributed by atoms with Crippen molar-refractivity contribution in [1.29, 1.82) is 0 Å². The minimum atomic E-state index is -0.144. The maximum atomic E-state index is 10.4. The molecule has 6 nitrogen and oxygen atoms in total.